The summed E-state index contributed by atoms with van der Waals surface area (Å²) < 4.78 is 12.6. The number of halogens is 1. The van der Waals surface area contributed by atoms with Crippen LogP contribution in [0.15, 0.2) is 36.8 Å². The summed E-state index contributed by atoms with van der Waals surface area (Å²) in [5, 5.41) is 3.19. The molecule has 0 aliphatic carbocycles. The van der Waals surface area contributed by atoms with E-state index in [0.29, 0.717) is 27.8 Å². The topological polar surface area (TPSA) is 77.8 Å². The maximum absolute atomic E-state index is 12.6. The van der Waals surface area contributed by atoms with E-state index in [4.69, 9.17) is 21.1 Å². The number of pyridine rings is 2. The molecular weight excluding hydrogens is 344 g/mol. The lowest BCUT2D eigenvalue weighted by molar-refractivity contribution is 0.102. The molecule has 1 amide bonds. The van der Waals surface area contributed by atoms with E-state index in [1.165, 1.54) is 7.11 Å². The predicted octanol–water partition coefficient (Wildman–Crippen LogP) is 3.43. The van der Waals surface area contributed by atoms with Gasteiger partial charge in [-0.05, 0) is 26.0 Å². The molecule has 0 aliphatic rings. The molecule has 3 heterocycles. The summed E-state index contributed by atoms with van der Waals surface area (Å²) in [4.78, 5) is 20.9. The van der Waals surface area contributed by atoms with E-state index in [2.05, 4.69) is 15.3 Å². The van der Waals surface area contributed by atoms with Crippen LogP contribution in [0.3, 0.4) is 0 Å². The summed E-state index contributed by atoms with van der Waals surface area (Å²) >= 11 is 5.95. The SMILES string of the molecule is COc1ncccc1C(=O)Nc1cn2cc(Cl)nc2cc1OC(C)C. The van der Waals surface area contributed by atoms with Gasteiger partial charge in [0, 0.05) is 24.7 Å². The Morgan fingerprint density at radius 2 is 2.16 bits per heavy atom. The van der Waals surface area contributed by atoms with E-state index in [1.807, 2.05) is 13.8 Å². The summed E-state index contributed by atoms with van der Waals surface area (Å²) in [6, 6.07) is 5.03. The van der Waals surface area contributed by atoms with Crippen LogP contribution in [0.2, 0.25) is 5.15 Å². The molecule has 0 saturated carbocycles. The first-order valence-corrected chi connectivity index (χ1v) is 8.01. The summed E-state index contributed by atoms with van der Waals surface area (Å²) in [5.41, 5.74) is 1.44. The first kappa shape index (κ1) is 17.0. The molecule has 8 heteroatoms. The van der Waals surface area contributed by atoms with Crippen LogP contribution in [0.1, 0.15) is 24.2 Å². The summed E-state index contributed by atoms with van der Waals surface area (Å²) in [7, 11) is 1.46. The standard InChI is InChI=1S/C17H17ClN4O3/c1-10(2)25-13-7-15-21-14(18)9-22(15)8-12(13)20-16(23)11-5-4-6-19-17(11)24-3/h4-10H,1-3H3,(H,20,23). The van der Waals surface area contributed by atoms with Gasteiger partial charge in [0.1, 0.15) is 27.8 Å². The van der Waals surface area contributed by atoms with E-state index < -0.39 is 0 Å². The van der Waals surface area contributed by atoms with Crippen molar-refractivity contribution in [1.29, 1.82) is 0 Å². The number of imidazole rings is 1. The third kappa shape index (κ3) is 3.66. The Labute approximate surface area is 149 Å². The van der Waals surface area contributed by atoms with Crippen molar-refractivity contribution in [3.8, 4) is 11.6 Å². The highest BCUT2D eigenvalue weighted by atomic mass is 35.5. The second-order valence-corrected chi connectivity index (χ2v) is 5.95. The maximum Gasteiger partial charge on any atom is 0.261 e. The molecule has 0 radical (unpaired) electrons. The van der Waals surface area contributed by atoms with Crippen molar-refractivity contribution in [3.63, 3.8) is 0 Å². The number of anilines is 1. The molecule has 7 nitrogen and oxygen atoms in total. The number of hydrogen-bond acceptors (Lipinski definition) is 5. The highest BCUT2D eigenvalue weighted by molar-refractivity contribution is 6.29. The quantitative estimate of drug-likeness (QED) is 0.754. The molecule has 25 heavy (non-hydrogen) atoms. The number of nitrogens with zero attached hydrogens (tertiary/aromatic N) is 3. The van der Waals surface area contributed by atoms with Crippen molar-refractivity contribution in [2.24, 2.45) is 0 Å². The maximum atomic E-state index is 12.6. The zero-order valence-electron chi connectivity index (χ0n) is 14.0. The van der Waals surface area contributed by atoms with Crippen molar-refractivity contribution in [2.75, 3.05) is 12.4 Å². The Morgan fingerprint density at radius 3 is 2.88 bits per heavy atom. The molecule has 0 aromatic carbocycles. The first-order valence-electron chi connectivity index (χ1n) is 7.63. The van der Waals surface area contributed by atoms with Gasteiger partial charge < -0.3 is 19.2 Å². The molecule has 3 aromatic rings. The second-order valence-electron chi connectivity index (χ2n) is 5.56. The molecule has 3 aromatic heterocycles. The zero-order valence-corrected chi connectivity index (χ0v) is 14.7. The van der Waals surface area contributed by atoms with Gasteiger partial charge in [0.25, 0.3) is 5.91 Å². The minimum Gasteiger partial charge on any atom is -0.489 e. The zero-order chi connectivity index (χ0) is 18.0. The molecule has 0 unspecified atom stereocenters. The van der Waals surface area contributed by atoms with Gasteiger partial charge in [-0.1, -0.05) is 11.6 Å². The van der Waals surface area contributed by atoms with Crippen molar-refractivity contribution in [3.05, 3.63) is 47.5 Å². The van der Waals surface area contributed by atoms with Crippen LogP contribution in [-0.4, -0.2) is 33.5 Å². The number of carbonyl (C=O) groups excluding carboxylic acids is 1. The number of rotatable bonds is 5. The molecule has 0 saturated heterocycles. The van der Waals surface area contributed by atoms with Gasteiger partial charge in [0.2, 0.25) is 5.88 Å². The lowest BCUT2D eigenvalue weighted by atomic mass is 10.2. The van der Waals surface area contributed by atoms with Crippen molar-refractivity contribution >= 4 is 28.8 Å². The first-order chi connectivity index (χ1) is 12.0. The third-order valence-corrected chi connectivity index (χ3v) is 3.53. The molecule has 0 bridgehead atoms. The Balaban J connectivity index is 1.99. The van der Waals surface area contributed by atoms with Gasteiger partial charge in [-0.15, -0.1) is 0 Å². The van der Waals surface area contributed by atoms with Crippen LogP contribution >= 0.6 is 11.6 Å². The van der Waals surface area contributed by atoms with Gasteiger partial charge in [-0.3, -0.25) is 4.79 Å². The normalized spacial score (nSPS) is 10.9. The van der Waals surface area contributed by atoms with Crippen LogP contribution in [0.25, 0.3) is 5.65 Å². The lowest BCUT2D eigenvalue weighted by Crippen LogP contribution is -2.16. The number of carbonyl (C=O) groups is 1. The number of fused-ring (bicyclic) bond motifs is 1. The fourth-order valence-electron chi connectivity index (χ4n) is 2.35. The number of hydrogen-bond donors (Lipinski definition) is 1. The highest BCUT2D eigenvalue weighted by Crippen LogP contribution is 2.29. The largest absolute Gasteiger partial charge is 0.489 e. The highest BCUT2D eigenvalue weighted by Gasteiger charge is 2.17. The van der Waals surface area contributed by atoms with Crippen LogP contribution in [-0.2, 0) is 0 Å². The van der Waals surface area contributed by atoms with E-state index in [1.54, 1.807) is 41.2 Å². The van der Waals surface area contributed by atoms with Gasteiger partial charge >= 0.3 is 0 Å². The average molecular weight is 361 g/mol. The molecule has 0 fully saturated rings. The van der Waals surface area contributed by atoms with Crippen molar-refractivity contribution in [1.82, 2.24) is 14.4 Å². The minimum absolute atomic E-state index is 0.0727. The third-order valence-electron chi connectivity index (χ3n) is 3.35. The van der Waals surface area contributed by atoms with E-state index in [-0.39, 0.29) is 17.9 Å². The number of methoxy groups -OCH3 is 1. The average Bonchev–Trinajstić information content (AvgIpc) is 2.93. The molecule has 3 rings (SSSR count). The van der Waals surface area contributed by atoms with Crippen molar-refractivity contribution in [2.45, 2.75) is 20.0 Å². The van der Waals surface area contributed by atoms with Gasteiger partial charge in [0.05, 0.1) is 13.2 Å². The number of aromatic nitrogens is 3. The monoisotopic (exact) mass is 360 g/mol. The van der Waals surface area contributed by atoms with Crippen LogP contribution in [0.5, 0.6) is 11.6 Å². The van der Waals surface area contributed by atoms with E-state index in [0.717, 1.165) is 0 Å². The van der Waals surface area contributed by atoms with E-state index in [9.17, 15) is 4.79 Å². The van der Waals surface area contributed by atoms with Gasteiger partial charge in [0.15, 0.2) is 0 Å². The Kier molecular flexibility index (Phi) is 4.76. The van der Waals surface area contributed by atoms with Crippen LogP contribution in [0, 0.1) is 0 Å². The Bertz CT molecular complexity index is 923. The molecule has 1 N–H and O–H groups in total. The number of amides is 1. The predicted molar refractivity (Wildman–Crippen MR) is 94.7 cm³/mol. The second kappa shape index (κ2) is 6.98. The fourth-order valence-corrected chi connectivity index (χ4v) is 2.54. The molecule has 0 spiro atoms. The summed E-state index contributed by atoms with van der Waals surface area (Å²) in [6.07, 6.45) is 4.84. The van der Waals surface area contributed by atoms with Crippen LogP contribution in [0.4, 0.5) is 5.69 Å². The lowest BCUT2D eigenvalue weighted by Gasteiger charge is -2.16. The molecule has 0 aliphatic heterocycles. The van der Waals surface area contributed by atoms with E-state index >= 15 is 0 Å². The fraction of sp³-hybridized carbons (Fsp3) is 0.235. The number of nitrogens with one attached hydrogen (secondary N) is 1. The molecular formula is C17H17ClN4O3. The minimum atomic E-state index is -0.357. The van der Waals surface area contributed by atoms with Crippen LogP contribution < -0.4 is 14.8 Å². The Morgan fingerprint density at radius 1 is 1.36 bits per heavy atom. The summed E-state index contributed by atoms with van der Waals surface area (Å²) in [6.45, 7) is 3.80. The van der Waals surface area contributed by atoms with Gasteiger partial charge in [-0.25, -0.2) is 9.97 Å². The van der Waals surface area contributed by atoms with Gasteiger partial charge in [-0.2, -0.15) is 0 Å². The van der Waals surface area contributed by atoms with Crippen molar-refractivity contribution < 1.29 is 14.3 Å². The smallest absolute Gasteiger partial charge is 0.261 e. The molecule has 0 atom stereocenters. The Hall–Kier alpha value is -2.80. The number of ether oxygens (including phenoxy) is 2. The molecule has 130 valence electrons. The summed E-state index contributed by atoms with van der Waals surface area (Å²) in [5.74, 6) is 0.392.